The van der Waals surface area contributed by atoms with E-state index in [1.54, 1.807) is 7.05 Å². The molecule has 0 spiro atoms. The molecule has 10 nitrogen and oxygen atoms in total. The van der Waals surface area contributed by atoms with Crippen LogP contribution in [0, 0.1) is 5.41 Å². The normalized spacial score (nSPS) is 22.2. The largest absolute Gasteiger partial charge is 0.467 e. The van der Waals surface area contributed by atoms with Gasteiger partial charge in [-0.2, -0.15) is 0 Å². The van der Waals surface area contributed by atoms with Gasteiger partial charge in [0.25, 0.3) is 5.91 Å². The van der Waals surface area contributed by atoms with Crippen LogP contribution in [0.5, 0.6) is 0 Å². The number of hydrogen-bond donors (Lipinski definition) is 0. The standard InChI is InChI=1S/C18H27N6O4/c1-7-8-22-15(26)13-14(21(5)17(22)27)19-16-23(13)9-11(18(2,3)4)20-24(16)10-12(25)28-6/h13H,7-10H2,1-6H3/q+1. The summed E-state index contributed by atoms with van der Waals surface area (Å²) in [6, 6.07) is -1.10. The van der Waals surface area contributed by atoms with Crippen molar-refractivity contribution in [1.82, 2.24) is 14.8 Å². The Labute approximate surface area is 164 Å². The first-order chi connectivity index (χ1) is 13.1. The van der Waals surface area contributed by atoms with Crippen LogP contribution < -0.4 is 0 Å². The molecule has 1 unspecified atom stereocenters. The molecule has 0 bridgehead atoms. The van der Waals surface area contributed by atoms with Gasteiger partial charge in [0.1, 0.15) is 6.54 Å². The molecule has 1 atom stereocenters. The number of hydrogen-bond acceptors (Lipinski definition) is 7. The zero-order valence-electron chi connectivity index (χ0n) is 17.2. The van der Waals surface area contributed by atoms with Gasteiger partial charge in [0, 0.05) is 19.0 Å². The molecular formula is C18H27N6O4+. The van der Waals surface area contributed by atoms with E-state index in [-0.39, 0.29) is 17.9 Å². The lowest BCUT2D eigenvalue weighted by atomic mass is 9.89. The SMILES string of the molecule is CCCN1C(=O)C2C(=NC3=[N+]2CC(C(C)(C)C)=NN3CC(=O)OC)N(C)C1=O. The molecule has 0 radical (unpaired) electrons. The minimum Gasteiger partial charge on any atom is -0.467 e. The van der Waals surface area contributed by atoms with E-state index in [4.69, 9.17) is 4.74 Å². The van der Waals surface area contributed by atoms with E-state index < -0.39 is 18.0 Å². The van der Waals surface area contributed by atoms with Crippen molar-refractivity contribution in [2.24, 2.45) is 15.5 Å². The molecule has 0 saturated carbocycles. The summed E-state index contributed by atoms with van der Waals surface area (Å²) >= 11 is 0. The molecule has 0 aromatic carbocycles. The van der Waals surface area contributed by atoms with Crippen LogP contribution in [0.25, 0.3) is 0 Å². The molecule has 3 heterocycles. The van der Waals surface area contributed by atoms with Crippen LogP contribution in [0.4, 0.5) is 4.79 Å². The third-order valence-corrected chi connectivity index (χ3v) is 5.00. The number of amides is 3. The molecule has 0 N–H and O–H groups in total. The molecule has 0 aliphatic carbocycles. The Hall–Kier alpha value is -2.78. The second-order valence-corrected chi connectivity index (χ2v) is 8.06. The van der Waals surface area contributed by atoms with E-state index in [2.05, 4.69) is 10.1 Å². The Kier molecular flexibility index (Phi) is 4.99. The van der Waals surface area contributed by atoms with Crippen LogP contribution >= 0.6 is 0 Å². The number of nitrogens with zero attached hydrogens (tertiary/aromatic N) is 6. The maximum absolute atomic E-state index is 13.1. The van der Waals surface area contributed by atoms with Crippen LogP contribution in [0.3, 0.4) is 0 Å². The summed E-state index contributed by atoms with van der Waals surface area (Å²) in [5.74, 6) is -0.0287. The number of likely N-dealkylation sites (N-methyl/N-ethyl adjacent to an activating group) is 1. The topological polar surface area (TPSA) is 97.9 Å². The Morgan fingerprint density at radius 2 is 2.00 bits per heavy atom. The number of rotatable bonds is 4. The summed E-state index contributed by atoms with van der Waals surface area (Å²) in [6.07, 6.45) is 0.671. The Bertz CT molecular complexity index is 822. The fourth-order valence-corrected chi connectivity index (χ4v) is 3.37. The number of carbonyl (C=O) groups excluding carboxylic acids is 3. The van der Waals surface area contributed by atoms with Gasteiger partial charge in [-0.05, 0) is 6.42 Å². The molecule has 3 amide bonds. The van der Waals surface area contributed by atoms with E-state index in [0.717, 1.165) is 5.71 Å². The van der Waals surface area contributed by atoms with Gasteiger partial charge in [0.05, 0.1) is 12.8 Å². The average molecular weight is 391 g/mol. The first-order valence-electron chi connectivity index (χ1n) is 9.33. The number of hydrazone groups is 1. The van der Waals surface area contributed by atoms with Crippen molar-refractivity contribution in [3.8, 4) is 0 Å². The molecule has 152 valence electrons. The summed E-state index contributed by atoms with van der Waals surface area (Å²) in [5, 5.41) is 6.06. The Morgan fingerprint density at radius 3 is 2.57 bits per heavy atom. The summed E-state index contributed by atoms with van der Waals surface area (Å²) < 4.78 is 6.60. The highest BCUT2D eigenvalue weighted by Crippen LogP contribution is 2.27. The molecule has 1 fully saturated rings. The van der Waals surface area contributed by atoms with Gasteiger partial charge in [-0.1, -0.05) is 32.7 Å². The van der Waals surface area contributed by atoms with E-state index >= 15 is 0 Å². The molecular weight excluding hydrogens is 364 g/mol. The number of methoxy groups -OCH3 is 1. The number of guanidine groups is 1. The molecule has 0 aromatic heterocycles. The maximum Gasteiger partial charge on any atom is 0.417 e. The van der Waals surface area contributed by atoms with E-state index in [1.165, 1.54) is 21.9 Å². The van der Waals surface area contributed by atoms with Crippen molar-refractivity contribution in [1.29, 1.82) is 0 Å². The van der Waals surface area contributed by atoms with E-state index in [0.29, 0.717) is 31.3 Å². The van der Waals surface area contributed by atoms with Crippen LogP contribution in [0.2, 0.25) is 0 Å². The van der Waals surface area contributed by atoms with Gasteiger partial charge < -0.3 is 4.74 Å². The molecule has 1 saturated heterocycles. The number of aliphatic imine (C=N–C) groups is 1. The highest BCUT2D eigenvalue weighted by molar-refractivity contribution is 6.23. The Balaban J connectivity index is 2.05. The molecule has 3 aliphatic heterocycles. The lowest BCUT2D eigenvalue weighted by Crippen LogP contribution is -2.63. The number of imide groups is 1. The quantitative estimate of drug-likeness (QED) is 0.508. The van der Waals surface area contributed by atoms with Crippen molar-refractivity contribution in [2.75, 3.05) is 33.8 Å². The fourth-order valence-electron chi connectivity index (χ4n) is 3.37. The predicted molar refractivity (Wildman–Crippen MR) is 102 cm³/mol. The van der Waals surface area contributed by atoms with Gasteiger partial charge in [-0.3, -0.25) is 14.6 Å². The Morgan fingerprint density at radius 1 is 1.32 bits per heavy atom. The van der Waals surface area contributed by atoms with Gasteiger partial charge in [-0.15, -0.1) is 10.1 Å². The number of urea groups is 1. The number of fused-ring (bicyclic) bond motifs is 2. The highest BCUT2D eigenvalue weighted by Gasteiger charge is 2.55. The maximum atomic E-state index is 13.1. The van der Waals surface area contributed by atoms with Gasteiger partial charge >= 0.3 is 18.0 Å². The van der Waals surface area contributed by atoms with Crippen molar-refractivity contribution >= 4 is 35.4 Å². The van der Waals surface area contributed by atoms with Crippen LogP contribution in [-0.4, -0.2) is 94.6 Å². The third-order valence-electron chi connectivity index (χ3n) is 5.00. The number of ether oxygens (including phenoxy) is 1. The van der Waals surface area contributed by atoms with Crippen molar-refractivity contribution in [2.45, 2.75) is 40.2 Å². The monoisotopic (exact) mass is 391 g/mol. The molecule has 3 aliphatic rings. The summed E-state index contributed by atoms with van der Waals surface area (Å²) in [5.41, 5.74) is 0.538. The second kappa shape index (κ2) is 6.99. The van der Waals surface area contributed by atoms with Gasteiger partial charge in [0.2, 0.25) is 11.9 Å². The van der Waals surface area contributed by atoms with Crippen molar-refractivity contribution in [3.05, 3.63) is 0 Å². The highest BCUT2D eigenvalue weighted by atomic mass is 16.5. The fraction of sp³-hybridized carbons (Fsp3) is 0.667. The van der Waals surface area contributed by atoms with Crippen LogP contribution in [0.1, 0.15) is 34.1 Å². The zero-order chi connectivity index (χ0) is 20.8. The summed E-state index contributed by atoms with van der Waals surface area (Å²) in [7, 11) is 2.92. The van der Waals surface area contributed by atoms with Gasteiger partial charge in [0.15, 0.2) is 6.54 Å². The van der Waals surface area contributed by atoms with Crippen molar-refractivity contribution in [3.63, 3.8) is 0 Å². The molecule has 10 heteroatoms. The zero-order valence-corrected chi connectivity index (χ0v) is 17.2. The molecule has 0 aromatic rings. The number of amidine groups is 1. The van der Waals surface area contributed by atoms with Crippen molar-refractivity contribution < 1.29 is 23.7 Å². The molecule has 28 heavy (non-hydrogen) atoms. The van der Waals surface area contributed by atoms with E-state index in [1.807, 2.05) is 32.3 Å². The second-order valence-electron chi connectivity index (χ2n) is 8.06. The minimum atomic E-state index is -0.711. The smallest absolute Gasteiger partial charge is 0.417 e. The first-order valence-corrected chi connectivity index (χ1v) is 9.33. The minimum absolute atomic E-state index is 0.129. The lowest BCUT2D eigenvalue weighted by molar-refractivity contribution is -0.528. The third kappa shape index (κ3) is 3.16. The summed E-state index contributed by atoms with van der Waals surface area (Å²) in [4.78, 5) is 44.8. The first kappa shape index (κ1) is 20.0. The summed E-state index contributed by atoms with van der Waals surface area (Å²) in [6.45, 7) is 8.59. The van der Waals surface area contributed by atoms with Crippen LogP contribution in [0.15, 0.2) is 10.1 Å². The predicted octanol–water partition coefficient (Wildman–Crippen LogP) is 0.330. The van der Waals surface area contributed by atoms with Gasteiger partial charge in [-0.25, -0.2) is 14.2 Å². The van der Waals surface area contributed by atoms with Crippen LogP contribution in [-0.2, 0) is 14.3 Å². The number of esters is 1. The van der Waals surface area contributed by atoms with E-state index in [9.17, 15) is 14.4 Å². The lowest BCUT2D eigenvalue weighted by Gasteiger charge is -2.35. The molecule has 3 rings (SSSR count). The number of carbonyl (C=O) groups is 3. The average Bonchev–Trinajstić information content (AvgIpc) is 3.02.